The number of nitrogens with one attached hydrogen (secondary N) is 1. The fourth-order valence-corrected chi connectivity index (χ4v) is 1.87. The molecule has 1 N–H and O–H groups in total. The number of esters is 1. The van der Waals surface area contributed by atoms with E-state index in [0.29, 0.717) is 16.8 Å². The predicted octanol–water partition coefficient (Wildman–Crippen LogP) is 1.25. The van der Waals surface area contributed by atoms with Gasteiger partial charge in [0.25, 0.3) is 0 Å². The maximum atomic E-state index is 11.6. The second kappa shape index (κ2) is 4.91. The Kier molecular flexibility index (Phi) is 3.32. The highest BCUT2D eigenvalue weighted by molar-refractivity contribution is 5.90. The normalized spacial score (nSPS) is 10.3. The summed E-state index contributed by atoms with van der Waals surface area (Å²) in [5, 5.41) is 0.777. The van der Waals surface area contributed by atoms with Crippen LogP contribution >= 0.6 is 0 Å². The number of benzene rings is 1. The van der Waals surface area contributed by atoms with Gasteiger partial charge in [0.05, 0.1) is 26.2 Å². The second-order valence-electron chi connectivity index (χ2n) is 3.79. The van der Waals surface area contributed by atoms with Crippen molar-refractivity contribution in [3.63, 3.8) is 0 Å². The van der Waals surface area contributed by atoms with Crippen molar-refractivity contribution in [1.29, 1.82) is 0 Å². The molecule has 0 saturated carbocycles. The third-order valence-electron chi connectivity index (χ3n) is 2.71. The lowest BCUT2D eigenvalue weighted by Gasteiger charge is -2.08. The first kappa shape index (κ1) is 12.2. The van der Waals surface area contributed by atoms with Crippen LogP contribution in [0.3, 0.4) is 0 Å². The first-order valence-electron chi connectivity index (χ1n) is 5.41. The van der Waals surface area contributed by atoms with Crippen molar-refractivity contribution in [2.24, 2.45) is 0 Å². The van der Waals surface area contributed by atoms with Gasteiger partial charge in [-0.3, -0.25) is 9.59 Å². The van der Waals surface area contributed by atoms with Crippen molar-refractivity contribution in [1.82, 2.24) is 4.98 Å². The lowest BCUT2D eigenvalue weighted by atomic mass is 10.1. The minimum atomic E-state index is -0.385. The highest BCUT2D eigenvalue weighted by atomic mass is 16.5. The molecule has 5 nitrogen and oxygen atoms in total. The zero-order chi connectivity index (χ0) is 13.1. The summed E-state index contributed by atoms with van der Waals surface area (Å²) in [6.07, 6.45) is 0.0596. The Morgan fingerprint density at radius 2 is 2.11 bits per heavy atom. The number of pyridine rings is 1. The zero-order valence-corrected chi connectivity index (χ0v) is 10.1. The van der Waals surface area contributed by atoms with Crippen LogP contribution in [0.2, 0.25) is 0 Å². The lowest BCUT2D eigenvalue weighted by Crippen LogP contribution is -2.11. The Balaban J connectivity index is 2.66. The first-order chi connectivity index (χ1) is 8.65. The number of aromatic amines is 1. The fraction of sp³-hybridized carbons (Fsp3) is 0.231. The summed E-state index contributed by atoms with van der Waals surface area (Å²) in [6.45, 7) is 0. The molecule has 1 heterocycles. The molecule has 94 valence electrons. The molecular weight excluding hydrogens is 234 g/mol. The number of para-hydroxylation sites is 1. The van der Waals surface area contributed by atoms with Crippen LogP contribution in [0.5, 0.6) is 5.75 Å². The van der Waals surface area contributed by atoms with E-state index in [1.54, 1.807) is 12.1 Å². The monoisotopic (exact) mass is 247 g/mol. The van der Waals surface area contributed by atoms with E-state index in [-0.39, 0.29) is 17.9 Å². The maximum absolute atomic E-state index is 11.6. The summed E-state index contributed by atoms with van der Waals surface area (Å²) in [5.74, 6) is 0.182. The molecule has 0 amide bonds. The molecule has 0 aliphatic rings. The largest absolute Gasteiger partial charge is 0.495 e. The van der Waals surface area contributed by atoms with Crippen molar-refractivity contribution < 1.29 is 14.3 Å². The molecule has 0 spiro atoms. The van der Waals surface area contributed by atoms with E-state index in [1.807, 2.05) is 6.07 Å². The average molecular weight is 247 g/mol. The molecule has 2 aromatic rings. The fourth-order valence-electron chi connectivity index (χ4n) is 1.87. The molecule has 0 radical (unpaired) electrons. The number of rotatable bonds is 3. The van der Waals surface area contributed by atoms with Gasteiger partial charge in [-0.15, -0.1) is 0 Å². The second-order valence-corrected chi connectivity index (χ2v) is 3.79. The van der Waals surface area contributed by atoms with Gasteiger partial charge < -0.3 is 14.5 Å². The van der Waals surface area contributed by atoms with Crippen LogP contribution in [0.15, 0.2) is 29.1 Å². The van der Waals surface area contributed by atoms with Crippen LogP contribution in [0.4, 0.5) is 0 Å². The third kappa shape index (κ3) is 2.20. The van der Waals surface area contributed by atoms with Crippen LogP contribution < -0.4 is 10.3 Å². The van der Waals surface area contributed by atoms with Crippen molar-refractivity contribution >= 4 is 16.9 Å². The van der Waals surface area contributed by atoms with Crippen molar-refractivity contribution in [3.8, 4) is 5.75 Å². The predicted molar refractivity (Wildman–Crippen MR) is 66.8 cm³/mol. The Morgan fingerprint density at radius 1 is 1.33 bits per heavy atom. The van der Waals surface area contributed by atoms with Gasteiger partial charge in [-0.25, -0.2) is 0 Å². The summed E-state index contributed by atoms with van der Waals surface area (Å²) in [6, 6.07) is 6.78. The van der Waals surface area contributed by atoms with Gasteiger partial charge >= 0.3 is 5.97 Å². The Hall–Kier alpha value is -2.30. The number of carbonyl (C=O) groups excluding carboxylic acids is 1. The molecule has 0 aliphatic carbocycles. The molecule has 1 aromatic carbocycles. The summed E-state index contributed by atoms with van der Waals surface area (Å²) in [7, 11) is 2.85. The molecule has 5 heteroatoms. The van der Waals surface area contributed by atoms with Crippen molar-refractivity contribution in [3.05, 3.63) is 40.2 Å². The SMILES string of the molecule is COC(=O)Cc1cc(=O)[nH]c2c(OC)cccc12. The van der Waals surface area contributed by atoms with E-state index in [9.17, 15) is 9.59 Å². The van der Waals surface area contributed by atoms with Gasteiger partial charge in [0.15, 0.2) is 0 Å². The number of ether oxygens (including phenoxy) is 2. The van der Waals surface area contributed by atoms with E-state index in [4.69, 9.17) is 4.74 Å². The van der Waals surface area contributed by atoms with E-state index < -0.39 is 0 Å². The Bertz CT molecular complexity index is 645. The van der Waals surface area contributed by atoms with Gasteiger partial charge in [-0.2, -0.15) is 0 Å². The minimum absolute atomic E-state index is 0.0596. The molecule has 0 aliphatic heterocycles. The number of aromatic nitrogens is 1. The number of H-pyrrole nitrogens is 1. The van der Waals surface area contributed by atoms with E-state index in [0.717, 1.165) is 5.39 Å². The summed E-state index contributed by atoms with van der Waals surface area (Å²) >= 11 is 0. The quantitative estimate of drug-likeness (QED) is 0.829. The van der Waals surface area contributed by atoms with Crippen LogP contribution in [0, 0.1) is 0 Å². The third-order valence-corrected chi connectivity index (χ3v) is 2.71. The highest BCUT2D eigenvalue weighted by Crippen LogP contribution is 2.24. The van der Waals surface area contributed by atoms with E-state index >= 15 is 0 Å². The van der Waals surface area contributed by atoms with Gasteiger partial charge in [0, 0.05) is 11.5 Å². The van der Waals surface area contributed by atoms with Gasteiger partial charge in [0.2, 0.25) is 5.56 Å². The molecule has 2 rings (SSSR count). The van der Waals surface area contributed by atoms with Gasteiger partial charge in [0.1, 0.15) is 5.75 Å². The topological polar surface area (TPSA) is 68.4 Å². The number of fused-ring (bicyclic) bond motifs is 1. The number of carbonyl (C=O) groups is 1. The number of hydrogen-bond acceptors (Lipinski definition) is 4. The average Bonchev–Trinajstić information content (AvgIpc) is 2.37. The summed E-state index contributed by atoms with van der Waals surface area (Å²) in [5.41, 5.74) is 0.941. The molecule has 0 atom stereocenters. The van der Waals surface area contributed by atoms with Gasteiger partial charge in [-0.1, -0.05) is 12.1 Å². The smallest absolute Gasteiger partial charge is 0.310 e. The molecule has 0 bridgehead atoms. The highest BCUT2D eigenvalue weighted by Gasteiger charge is 2.11. The van der Waals surface area contributed by atoms with Gasteiger partial charge in [-0.05, 0) is 11.6 Å². The van der Waals surface area contributed by atoms with Crippen LogP contribution in [0.25, 0.3) is 10.9 Å². The minimum Gasteiger partial charge on any atom is -0.495 e. The molecule has 1 aromatic heterocycles. The molecule has 0 unspecified atom stereocenters. The Labute approximate surface area is 103 Å². The first-order valence-corrected chi connectivity index (χ1v) is 5.41. The Morgan fingerprint density at radius 3 is 2.78 bits per heavy atom. The summed E-state index contributed by atoms with van der Waals surface area (Å²) in [4.78, 5) is 25.6. The van der Waals surface area contributed by atoms with Crippen LogP contribution in [0.1, 0.15) is 5.56 Å². The van der Waals surface area contributed by atoms with E-state index in [2.05, 4.69) is 9.72 Å². The number of hydrogen-bond donors (Lipinski definition) is 1. The van der Waals surface area contributed by atoms with Crippen molar-refractivity contribution in [2.75, 3.05) is 14.2 Å². The van der Waals surface area contributed by atoms with Crippen molar-refractivity contribution in [2.45, 2.75) is 6.42 Å². The molecular formula is C13H13NO4. The zero-order valence-electron chi connectivity index (χ0n) is 10.1. The summed E-state index contributed by atoms with van der Waals surface area (Å²) < 4.78 is 9.80. The molecule has 0 saturated heterocycles. The van der Waals surface area contributed by atoms with Crippen LogP contribution in [-0.4, -0.2) is 25.2 Å². The number of methoxy groups -OCH3 is 2. The molecule has 0 fully saturated rings. The maximum Gasteiger partial charge on any atom is 0.310 e. The van der Waals surface area contributed by atoms with E-state index in [1.165, 1.54) is 20.3 Å². The standard InChI is InChI=1S/C13H13NO4/c1-17-10-5-3-4-9-8(7-12(16)18-2)6-11(15)14-13(9)10/h3-6H,7H2,1-2H3,(H,14,15). The molecule has 18 heavy (non-hydrogen) atoms. The lowest BCUT2D eigenvalue weighted by molar-refractivity contribution is -0.139. The van der Waals surface area contributed by atoms with Crippen LogP contribution in [-0.2, 0) is 16.0 Å².